The van der Waals surface area contributed by atoms with Gasteiger partial charge >= 0.3 is 5.97 Å². The molecule has 0 radical (unpaired) electrons. The first-order chi connectivity index (χ1) is 19.0. The first-order valence-electron chi connectivity index (χ1n) is 12.2. The van der Waals surface area contributed by atoms with Gasteiger partial charge in [0.15, 0.2) is 0 Å². The minimum absolute atomic E-state index is 0.318. The molecule has 0 unspecified atom stereocenters. The molecular formula is C31H23BrClN3O3. The molecular weight excluding hydrogens is 578 g/mol. The van der Waals surface area contributed by atoms with E-state index in [4.69, 9.17) is 16.3 Å². The second-order valence-electron chi connectivity index (χ2n) is 8.68. The van der Waals surface area contributed by atoms with Crippen LogP contribution in [0.3, 0.4) is 0 Å². The number of aryl methyl sites for hydroxylation is 1. The summed E-state index contributed by atoms with van der Waals surface area (Å²) in [5, 5.41) is 5.61. The summed E-state index contributed by atoms with van der Waals surface area (Å²) >= 11 is 9.90. The zero-order valence-corrected chi connectivity index (χ0v) is 23.2. The lowest BCUT2D eigenvalue weighted by atomic mass is 9.99. The van der Waals surface area contributed by atoms with Crippen LogP contribution < -0.4 is 10.2 Å². The summed E-state index contributed by atoms with van der Waals surface area (Å²) in [6, 6.07) is 27.2. The zero-order chi connectivity index (χ0) is 27.4. The smallest absolute Gasteiger partial charge is 0.343 e. The van der Waals surface area contributed by atoms with Crippen LogP contribution in [0.25, 0.3) is 22.0 Å². The van der Waals surface area contributed by atoms with E-state index in [1.807, 2.05) is 36.4 Å². The molecule has 1 aromatic heterocycles. The average Bonchev–Trinajstić information content (AvgIpc) is 3.34. The highest BCUT2D eigenvalue weighted by molar-refractivity contribution is 9.10. The van der Waals surface area contributed by atoms with E-state index in [1.165, 1.54) is 6.21 Å². The summed E-state index contributed by atoms with van der Waals surface area (Å²) in [6.07, 6.45) is 2.24. The summed E-state index contributed by atoms with van der Waals surface area (Å²) in [6.45, 7) is 2.07. The van der Waals surface area contributed by atoms with Gasteiger partial charge in [-0.2, -0.15) is 5.10 Å². The number of hydrogen-bond acceptors (Lipinski definition) is 4. The predicted octanol–water partition coefficient (Wildman–Crippen LogP) is 7.80. The Labute approximate surface area is 238 Å². The van der Waals surface area contributed by atoms with Crippen LogP contribution in [0, 0.1) is 0 Å². The third kappa shape index (κ3) is 5.65. The van der Waals surface area contributed by atoms with Gasteiger partial charge in [-0.05, 0) is 54.4 Å². The molecule has 4 aromatic carbocycles. The van der Waals surface area contributed by atoms with Gasteiger partial charge < -0.3 is 9.72 Å². The summed E-state index contributed by atoms with van der Waals surface area (Å²) in [7, 11) is 0. The monoisotopic (exact) mass is 599 g/mol. The quantitative estimate of drug-likeness (QED) is 0.0865. The number of aromatic nitrogens is 1. The van der Waals surface area contributed by atoms with Gasteiger partial charge in [0.05, 0.1) is 11.8 Å². The molecule has 2 N–H and O–H groups in total. The molecule has 1 amide bonds. The maximum atomic E-state index is 13.4. The minimum Gasteiger partial charge on any atom is -0.422 e. The zero-order valence-electron chi connectivity index (χ0n) is 20.9. The predicted molar refractivity (Wildman–Crippen MR) is 159 cm³/mol. The molecule has 8 heteroatoms. The number of rotatable bonds is 7. The van der Waals surface area contributed by atoms with Crippen LogP contribution in [0.5, 0.6) is 5.75 Å². The van der Waals surface area contributed by atoms with Crippen LogP contribution in [0.1, 0.15) is 38.9 Å². The molecule has 1 heterocycles. The lowest BCUT2D eigenvalue weighted by Gasteiger charge is -2.08. The number of nitrogens with zero attached hydrogens (tertiary/aromatic N) is 1. The normalized spacial score (nSPS) is 11.2. The number of aromatic amines is 1. The van der Waals surface area contributed by atoms with Crippen LogP contribution >= 0.6 is 27.5 Å². The van der Waals surface area contributed by atoms with Crippen LogP contribution in [0.15, 0.2) is 101 Å². The Hall–Kier alpha value is -4.20. The topological polar surface area (TPSA) is 83.5 Å². The SMILES string of the molecule is CCc1cccc2c(-c3ccccc3Cl)c(C(=O)NN=Cc3ccccc3OC(=O)c3ccc(Br)cc3)[nH]c12. The number of benzene rings is 4. The van der Waals surface area contributed by atoms with Crippen molar-refractivity contribution in [3.05, 3.63) is 123 Å². The van der Waals surface area contributed by atoms with Crippen LogP contribution in [0.2, 0.25) is 5.02 Å². The van der Waals surface area contributed by atoms with E-state index in [0.29, 0.717) is 33.2 Å². The van der Waals surface area contributed by atoms with Crippen LogP contribution in [-0.2, 0) is 6.42 Å². The van der Waals surface area contributed by atoms with Crippen molar-refractivity contribution in [2.24, 2.45) is 5.10 Å². The summed E-state index contributed by atoms with van der Waals surface area (Å²) < 4.78 is 6.45. The van der Waals surface area contributed by atoms with E-state index >= 15 is 0 Å². The van der Waals surface area contributed by atoms with E-state index in [-0.39, 0.29) is 0 Å². The Morgan fingerprint density at radius 3 is 2.49 bits per heavy atom. The molecule has 0 saturated carbocycles. The number of fused-ring (bicyclic) bond motifs is 1. The summed E-state index contributed by atoms with van der Waals surface area (Å²) in [5.74, 6) is -0.608. The highest BCUT2D eigenvalue weighted by Crippen LogP contribution is 2.37. The number of nitrogens with one attached hydrogen (secondary N) is 2. The number of hydrogen-bond donors (Lipinski definition) is 2. The van der Waals surface area contributed by atoms with Gasteiger partial charge in [-0.1, -0.05) is 83.0 Å². The standard InChI is InChI=1S/C31H23BrClN3O3/c1-2-19-9-7-11-24-27(23-10-4-5-12-25(23)33)29(35-28(19)24)30(37)36-34-18-21-8-3-6-13-26(21)39-31(38)20-14-16-22(32)17-15-20/h3-18,35H,2H2,1H3,(H,36,37). The number of halogens is 2. The molecule has 0 atom stereocenters. The molecule has 0 fully saturated rings. The molecule has 0 spiro atoms. The fraction of sp³-hybridized carbons (Fsp3) is 0.0645. The van der Waals surface area contributed by atoms with Crippen LogP contribution in [-0.4, -0.2) is 23.1 Å². The maximum absolute atomic E-state index is 13.4. The molecule has 5 aromatic rings. The summed E-state index contributed by atoms with van der Waals surface area (Å²) in [5.41, 5.74) is 7.33. The highest BCUT2D eigenvalue weighted by atomic mass is 79.9. The third-order valence-corrected chi connectivity index (χ3v) is 7.10. The first kappa shape index (κ1) is 26.4. The molecule has 0 aliphatic heterocycles. The molecule has 0 bridgehead atoms. The van der Waals surface area contributed by atoms with Gasteiger partial charge in [-0.15, -0.1) is 0 Å². The Balaban J connectivity index is 1.42. The Kier molecular flexibility index (Phi) is 7.91. The lowest BCUT2D eigenvalue weighted by molar-refractivity contribution is 0.0734. The van der Waals surface area contributed by atoms with Crippen molar-refractivity contribution in [2.45, 2.75) is 13.3 Å². The fourth-order valence-electron chi connectivity index (χ4n) is 4.33. The van der Waals surface area contributed by atoms with E-state index in [2.05, 4.69) is 38.4 Å². The molecule has 5 rings (SSSR count). The molecule has 194 valence electrons. The highest BCUT2D eigenvalue weighted by Gasteiger charge is 2.22. The number of ether oxygens (including phenoxy) is 1. The van der Waals surface area contributed by atoms with Crippen molar-refractivity contribution < 1.29 is 14.3 Å². The Morgan fingerprint density at radius 2 is 1.72 bits per heavy atom. The van der Waals surface area contributed by atoms with Crippen LogP contribution in [0.4, 0.5) is 0 Å². The molecule has 0 aliphatic carbocycles. The lowest BCUT2D eigenvalue weighted by Crippen LogP contribution is -2.19. The minimum atomic E-state index is -0.499. The van der Waals surface area contributed by atoms with Gasteiger partial charge in [0.25, 0.3) is 5.91 Å². The molecule has 0 saturated heterocycles. The largest absolute Gasteiger partial charge is 0.422 e. The van der Waals surface area contributed by atoms with Crippen molar-refractivity contribution in [2.75, 3.05) is 0 Å². The van der Waals surface area contributed by atoms with Gasteiger partial charge in [-0.3, -0.25) is 4.79 Å². The molecule has 39 heavy (non-hydrogen) atoms. The van der Waals surface area contributed by atoms with Gasteiger partial charge in [0, 0.05) is 37.1 Å². The van der Waals surface area contributed by atoms with E-state index in [9.17, 15) is 9.59 Å². The number of amides is 1. The number of hydrazone groups is 1. The van der Waals surface area contributed by atoms with Crippen molar-refractivity contribution in [1.29, 1.82) is 0 Å². The fourth-order valence-corrected chi connectivity index (χ4v) is 4.82. The van der Waals surface area contributed by atoms with Crippen molar-refractivity contribution >= 4 is 56.5 Å². The van der Waals surface area contributed by atoms with Crippen molar-refractivity contribution in [1.82, 2.24) is 10.4 Å². The number of carbonyl (C=O) groups is 2. The Morgan fingerprint density at radius 1 is 0.974 bits per heavy atom. The molecule has 6 nitrogen and oxygen atoms in total. The van der Waals surface area contributed by atoms with Gasteiger partial charge in [0.2, 0.25) is 0 Å². The second-order valence-corrected chi connectivity index (χ2v) is 10.0. The number of carbonyl (C=O) groups excluding carboxylic acids is 2. The number of H-pyrrole nitrogens is 1. The Bertz CT molecular complexity index is 1710. The summed E-state index contributed by atoms with van der Waals surface area (Å²) in [4.78, 5) is 29.3. The third-order valence-electron chi connectivity index (χ3n) is 6.24. The number of para-hydroxylation sites is 2. The maximum Gasteiger partial charge on any atom is 0.343 e. The second kappa shape index (κ2) is 11.7. The van der Waals surface area contributed by atoms with Crippen molar-refractivity contribution in [3.8, 4) is 16.9 Å². The molecule has 0 aliphatic rings. The van der Waals surface area contributed by atoms with Crippen molar-refractivity contribution in [3.63, 3.8) is 0 Å². The number of esters is 1. The average molecular weight is 601 g/mol. The van der Waals surface area contributed by atoms with Gasteiger partial charge in [-0.25, -0.2) is 10.2 Å². The van der Waals surface area contributed by atoms with E-state index in [0.717, 1.165) is 32.9 Å². The van der Waals surface area contributed by atoms with E-state index < -0.39 is 11.9 Å². The van der Waals surface area contributed by atoms with E-state index in [1.54, 1.807) is 54.6 Å². The van der Waals surface area contributed by atoms with Gasteiger partial charge in [0.1, 0.15) is 11.4 Å². The first-order valence-corrected chi connectivity index (χ1v) is 13.4.